The Morgan fingerprint density at radius 3 is 2.39 bits per heavy atom. The molecule has 0 bridgehead atoms. The Morgan fingerprint density at radius 1 is 1.11 bits per heavy atom. The number of aryl methyl sites for hydroxylation is 2. The molecular weight excluding hydrogens is 519 g/mol. The summed E-state index contributed by atoms with van der Waals surface area (Å²) >= 11 is 0. The van der Waals surface area contributed by atoms with Gasteiger partial charge in [0.25, 0.3) is 0 Å². The first kappa shape index (κ1) is 27.0. The van der Waals surface area contributed by atoms with Gasteiger partial charge in [-0.05, 0) is 79.3 Å². The first-order valence-electron chi connectivity index (χ1n) is 13.0. The highest BCUT2D eigenvalue weighted by atomic mass is 32.2. The Morgan fingerprint density at radius 2 is 1.79 bits per heavy atom. The average molecular weight is 552 g/mol. The molecule has 1 saturated carbocycles. The van der Waals surface area contributed by atoms with Crippen LogP contribution in [0.2, 0.25) is 0 Å². The van der Waals surface area contributed by atoms with Crippen molar-refractivity contribution < 1.29 is 36.2 Å². The summed E-state index contributed by atoms with van der Waals surface area (Å²) in [5.41, 5.74) is 0.651. The van der Waals surface area contributed by atoms with E-state index in [1.165, 1.54) is 6.07 Å². The van der Waals surface area contributed by atoms with Crippen molar-refractivity contribution in [2.75, 3.05) is 13.1 Å². The van der Waals surface area contributed by atoms with Crippen molar-refractivity contribution in [2.45, 2.75) is 75.0 Å². The van der Waals surface area contributed by atoms with Gasteiger partial charge in [0.1, 0.15) is 11.4 Å². The zero-order valence-electron chi connectivity index (χ0n) is 21.4. The van der Waals surface area contributed by atoms with E-state index in [0.717, 1.165) is 46.8 Å². The number of rotatable bonds is 6. The molecule has 206 valence electrons. The lowest BCUT2D eigenvalue weighted by Gasteiger charge is -2.44. The minimum Gasteiger partial charge on any atom is -0.487 e. The Kier molecular flexibility index (Phi) is 6.79. The number of hydrogen-bond donors (Lipinski definition) is 1. The summed E-state index contributed by atoms with van der Waals surface area (Å²) in [4.78, 5) is 11.0. The number of piperidine rings is 1. The van der Waals surface area contributed by atoms with Gasteiger partial charge in [-0.2, -0.15) is 17.5 Å². The van der Waals surface area contributed by atoms with Crippen LogP contribution < -0.4 is 4.74 Å². The van der Waals surface area contributed by atoms with Crippen molar-refractivity contribution in [3.05, 3.63) is 58.7 Å². The number of hydrogen-bond acceptors (Lipinski definition) is 4. The number of benzene rings is 2. The molecule has 5 rings (SSSR count). The molecule has 0 radical (unpaired) electrons. The van der Waals surface area contributed by atoms with Crippen LogP contribution >= 0.6 is 0 Å². The first-order valence-corrected chi connectivity index (χ1v) is 14.5. The van der Waals surface area contributed by atoms with E-state index in [-0.39, 0.29) is 19.0 Å². The predicted molar refractivity (Wildman–Crippen MR) is 135 cm³/mol. The molecule has 3 aliphatic rings. The number of ether oxygens (including phenoxy) is 1. The molecule has 2 aliphatic heterocycles. The Hall–Kier alpha value is -2.59. The number of alkyl halides is 3. The maximum Gasteiger partial charge on any atom is 0.417 e. The SMILES string of the molecule is Cc1ccc(C(F)(F)F)c(S(=O)(=O)N2CCC3(CCc4ccc([C@H](C5CC5)[C@H](C)C(=O)O)cc4O3)CC2)c1. The molecule has 1 aliphatic carbocycles. The van der Waals surface area contributed by atoms with Gasteiger partial charge in [0.05, 0.1) is 16.4 Å². The molecule has 1 spiro atoms. The monoisotopic (exact) mass is 551 g/mol. The van der Waals surface area contributed by atoms with Crippen LogP contribution in [0.5, 0.6) is 5.75 Å². The van der Waals surface area contributed by atoms with E-state index in [0.29, 0.717) is 36.5 Å². The highest BCUT2D eigenvalue weighted by molar-refractivity contribution is 7.89. The van der Waals surface area contributed by atoms with Crippen LogP contribution in [0, 0.1) is 18.8 Å². The Bertz CT molecular complexity index is 1340. The second-order valence-corrected chi connectivity index (χ2v) is 13.0. The van der Waals surface area contributed by atoms with Crippen LogP contribution in [0.3, 0.4) is 0 Å². The molecule has 2 aromatic rings. The van der Waals surface area contributed by atoms with Crippen LogP contribution in [0.1, 0.15) is 67.2 Å². The molecule has 0 aromatic heterocycles. The maximum absolute atomic E-state index is 13.6. The van der Waals surface area contributed by atoms with E-state index in [2.05, 4.69) is 0 Å². The lowest BCUT2D eigenvalue weighted by Crippen LogP contribution is -2.51. The van der Waals surface area contributed by atoms with Crippen molar-refractivity contribution in [3.63, 3.8) is 0 Å². The zero-order chi connectivity index (χ0) is 27.5. The van der Waals surface area contributed by atoms with Crippen LogP contribution in [0.4, 0.5) is 13.2 Å². The minimum atomic E-state index is -4.78. The molecule has 1 saturated heterocycles. The fourth-order valence-corrected chi connectivity index (χ4v) is 7.75. The molecule has 6 nitrogen and oxygen atoms in total. The first-order chi connectivity index (χ1) is 17.8. The molecule has 0 unspecified atom stereocenters. The van der Waals surface area contributed by atoms with Crippen molar-refractivity contribution in [2.24, 2.45) is 11.8 Å². The van der Waals surface area contributed by atoms with E-state index >= 15 is 0 Å². The van der Waals surface area contributed by atoms with Gasteiger partial charge < -0.3 is 9.84 Å². The van der Waals surface area contributed by atoms with Crippen molar-refractivity contribution in [1.82, 2.24) is 4.31 Å². The smallest absolute Gasteiger partial charge is 0.417 e. The van der Waals surface area contributed by atoms with Crippen LogP contribution in [0.15, 0.2) is 41.3 Å². The maximum atomic E-state index is 13.6. The van der Waals surface area contributed by atoms with Gasteiger partial charge in [-0.3, -0.25) is 4.79 Å². The number of carboxylic acids is 1. The third-order valence-electron chi connectivity index (χ3n) is 8.40. The van der Waals surface area contributed by atoms with Gasteiger partial charge in [-0.25, -0.2) is 8.42 Å². The van der Waals surface area contributed by atoms with Gasteiger partial charge in [0.2, 0.25) is 10.0 Å². The molecule has 2 fully saturated rings. The molecule has 2 heterocycles. The summed E-state index contributed by atoms with van der Waals surface area (Å²) in [7, 11) is -4.35. The van der Waals surface area contributed by atoms with Gasteiger partial charge in [-0.15, -0.1) is 0 Å². The summed E-state index contributed by atoms with van der Waals surface area (Å²) in [5.74, 6) is -0.397. The second kappa shape index (κ2) is 9.55. The summed E-state index contributed by atoms with van der Waals surface area (Å²) in [6.45, 7) is 3.42. The summed E-state index contributed by atoms with van der Waals surface area (Å²) < 4.78 is 75.1. The van der Waals surface area contributed by atoms with E-state index in [4.69, 9.17) is 4.74 Å². The fourth-order valence-electron chi connectivity index (χ4n) is 6.01. The molecule has 10 heteroatoms. The summed E-state index contributed by atoms with van der Waals surface area (Å²) in [5, 5.41) is 9.63. The van der Waals surface area contributed by atoms with E-state index < -0.39 is 44.1 Å². The fraction of sp³-hybridized carbons (Fsp3) is 0.536. The van der Waals surface area contributed by atoms with E-state index in [1.54, 1.807) is 13.8 Å². The Balaban J connectivity index is 1.35. The number of fused-ring (bicyclic) bond motifs is 1. The summed E-state index contributed by atoms with van der Waals surface area (Å²) in [6.07, 6.45) is -0.625. The normalized spacial score (nSPS) is 21.4. The molecule has 38 heavy (non-hydrogen) atoms. The van der Waals surface area contributed by atoms with Crippen LogP contribution in [0.25, 0.3) is 0 Å². The van der Waals surface area contributed by atoms with Gasteiger partial charge in [0, 0.05) is 25.9 Å². The van der Waals surface area contributed by atoms with Crippen LogP contribution in [-0.4, -0.2) is 42.5 Å². The van der Waals surface area contributed by atoms with Gasteiger partial charge in [-0.1, -0.05) is 25.1 Å². The molecule has 0 amide bonds. The zero-order valence-corrected chi connectivity index (χ0v) is 22.2. The van der Waals surface area contributed by atoms with Crippen LogP contribution in [-0.2, 0) is 27.4 Å². The van der Waals surface area contributed by atoms with Crippen molar-refractivity contribution >= 4 is 16.0 Å². The lowest BCUT2D eigenvalue weighted by atomic mass is 9.80. The minimum absolute atomic E-state index is 0.0589. The highest BCUT2D eigenvalue weighted by Gasteiger charge is 2.45. The third-order valence-corrected chi connectivity index (χ3v) is 10.3. The predicted octanol–water partition coefficient (Wildman–Crippen LogP) is 5.78. The number of carboxylic acid groups (broad SMARTS) is 1. The van der Waals surface area contributed by atoms with Crippen molar-refractivity contribution in [1.29, 1.82) is 0 Å². The standard InChI is InChI=1S/C28H32F3NO5S/c1-17-3-8-22(28(29,30)31)24(15-17)38(35,36)32-13-11-27(12-14-32)10-9-19-4-7-21(16-23(19)37-27)25(20-5-6-20)18(2)26(33)34/h3-4,7-8,15-16,18,20,25H,5-6,9-14H2,1-2H3,(H,33,34)/t18-,25-/m0/s1. The number of nitrogens with zero attached hydrogens (tertiary/aromatic N) is 1. The number of aliphatic carboxylic acids is 1. The Labute approximate surface area is 220 Å². The van der Waals surface area contributed by atoms with Gasteiger partial charge >= 0.3 is 12.1 Å². The lowest BCUT2D eigenvalue weighted by molar-refractivity contribution is -0.142. The van der Waals surface area contributed by atoms with E-state index in [9.17, 15) is 31.5 Å². The topological polar surface area (TPSA) is 83.9 Å². The summed E-state index contributed by atoms with van der Waals surface area (Å²) in [6, 6.07) is 9.12. The average Bonchev–Trinajstić information content (AvgIpc) is 3.68. The molecule has 1 N–H and O–H groups in total. The molecule has 2 atom stereocenters. The number of carbonyl (C=O) groups is 1. The number of sulfonamides is 1. The van der Waals surface area contributed by atoms with Gasteiger partial charge in [0.15, 0.2) is 0 Å². The highest BCUT2D eigenvalue weighted by Crippen LogP contribution is 2.49. The molecular formula is C28H32F3NO5S. The van der Waals surface area contributed by atoms with Crippen molar-refractivity contribution in [3.8, 4) is 5.75 Å². The largest absolute Gasteiger partial charge is 0.487 e. The second-order valence-electron chi connectivity index (χ2n) is 11.0. The quantitative estimate of drug-likeness (QED) is 0.492. The number of halogens is 3. The third kappa shape index (κ3) is 5.04. The molecule has 2 aromatic carbocycles. The van der Waals surface area contributed by atoms with E-state index in [1.807, 2.05) is 18.2 Å².